The highest BCUT2D eigenvalue weighted by atomic mass is 32.2. The highest BCUT2D eigenvalue weighted by Crippen LogP contribution is 2.13. The van der Waals surface area contributed by atoms with Crippen LogP contribution in [-0.2, 0) is 0 Å². The quantitative estimate of drug-likeness (QED) is 0.650. The number of hydrogen-bond acceptors (Lipinski definition) is 2. The maximum absolute atomic E-state index is 5.83. The van der Waals surface area contributed by atoms with Gasteiger partial charge in [0.25, 0.3) is 0 Å². The van der Waals surface area contributed by atoms with Crippen LogP contribution >= 0.6 is 11.8 Å². The normalized spacial score (nSPS) is 12.5. The molecule has 0 amide bonds. The van der Waals surface area contributed by atoms with Crippen molar-refractivity contribution in [3.63, 3.8) is 0 Å². The van der Waals surface area contributed by atoms with Crippen LogP contribution in [-0.4, -0.2) is 17.0 Å². The van der Waals surface area contributed by atoms with Gasteiger partial charge in [0.15, 0.2) is 0 Å². The van der Waals surface area contributed by atoms with E-state index in [4.69, 9.17) is 5.73 Å². The van der Waals surface area contributed by atoms with Gasteiger partial charge >= 0.3 is 0 Å². The zero-order chi connectivity index (χ0) is 8.91. The molecule has 0 radical (unpaired) electrons. The minimum Gasteiger partial charge on any atom is -0.325 e. The number of rotatable bonds is 5. The molecular formula is C9H21NS. The van der Waals surface area contributed by atoms with Gasteiger partial charge in [-0.15, -0.1) is 0 Å². The van der Waals surface area contributed by atoms with Crippen molar-refractivity contribution in [2.45, 2.75) is 39.7 Å². The van der Waals surface area contributed by atoms with Gasteiger partial charge in [0.05, 0.1) is 0 Å². The summed E-state index contributed by atoms with van der Waals surface area (Å²) in [5.41, 5.74) is 5.83. The minimum atomic E-state index is 0.00163. The van der Waals surface area contributed by atoms with Crippen molar-refractivity contribution in [1.29, 1.82) is 0 Å². The van der Waals surface area contributed by atoms with Crippen molar-refractivity contribution in [3.05, 3.63) is 0 Å². The summed E-state index contributed by atoms with van der Waals surface area (Å²) < 4.78 is 0. The molecule has 0 atom stereocenters. The van der Waals surface area contributed by atoms with E-state index in [-0.39, 0.29) is 5.54 Å². The number of thioether (sulfide) groups is 1. The SMILES string of the molecule is CC(C)CCSCC(C)(C)N. The lowest BCUT2D eigenvalue weighted by molar-refractivity contribution is 0.588. The third-order valence-corrected chi connectivity index (χ3v) is 2.79. The molecule has 0 aromatic rings. The second-order valence-electron chi connectivity index (χ2n) is 4.22. The van der Waals surface area contributed by atoms with Crippen molar-refractivity contribution < 1.29 is 0 Å². The van der Waals surface area contributed by atoms with Crippen LogP contribution in [0.25, 0.3) is 0 Å². The Balaban J connectivity index is 3.15. The van der Waals surface area contributed by atoms with Gasteiger partial charge in [-0.05, 0) is 31.9 Å². The van der Waals surface area contributed by atoms with E-state index in [1.165, 1.54) is 12.2 Å². The summed E-state index contributed by atoms with van der Waals surface area (Å²) in [6, 6.07) is 0. The first-order valence-electron chi connectivity index (χ1n) is 4.28. The molecule has 0 unspecified atom stereocenters. The van der Waals surface area contributed by atoms with Crippen LogP contribution in [0.5, 0.6) is 0 Å². The Kier molecular flexibility index (Phi) is 5.19. The molecule has 11 heavy (non-hydrogen) atoms. The van der Waals surface area contributed by atoms with E-state index < -0.39 is 0 Å². The molecule has 0 spiro atoms. The molecule has 0 aliphatic carbocycles. The molecule has 0 aliphatic rings. The van der Waals surface area contributed by atoms with Gasteiger partial charge in [-0.1, -0.05) is 13.8 Å². The van der Waals surface area contributed by atoms with Crippen LogP contribution in [0.3, 0.4) is 0 Å². The van der Waals surface area contributed by atoms with Gasteiger partial charge in [-0.3, -0.25) is 0 Å². The lowest BCUT2D eigenvalue weighted by Crippen LogP contribution is -2.34. The van der Waals surface area contributed by atoms with Gasteiger partial charge in [0, 0.05) is 11.3 Å². The summed E-state index contributed by atoms with van der Waals surface area (Å²) in [6.07, 6.45) is 1.31. The maximum Gasteiger partial charge on any atom is 0.0188 e. The zero-order valence-electron chi connectivity index (χ0n) is 8.18. The van der Waals surface area contributed by atoms with Crippen LogP contribution in [0.4, 0.5) is 0 Å². The smallest absolute Gasteiger partial charge is 0.0188 e. The molecule has 0 aromatic carbocycles. The van der Waals surface area contributed by atoms with Crippen LogP contribution in [0.1, 0.15) is 34.1 Å². The van der Waals surface area contributed by atoms with E-state index in [1.54, 1.807) is 0 Å². The summed E-state index contributed by atoms with van der Waals surface area (Å²) >= 11 is 1.96. The van der Waals surface area contributed by atoms with Gasteiger partial charge in [0.1, 0.15) is 0 Å². The second kappa shape index (κ2) is 5.04. The molecule has 0 bridgehead atoms. The fraction of sp³-hybridized carbons (Fsp3) is 1.00. The number of nitrogens with two attached hydrogens (primary N) is 1. The molecule has 0 saturated heterocycles. The summed E-state index contributed by atoms with van der Waals surface area (Å²) in [4.78, 5) is 0. The Morgan fingerprint density at radius 1 is 1.36 bits per heavy atom. The number of hydrogen-bond donors (Lipinski definition) is 1. The summed E-state index contributed by atoms with van der Waals surface area (Å²) in [5.74, 6) is 3.14. The van der Waals surface area contributed by atoms with Crippen LogP contribution in [0, 0.1) is 5.92 Å². The van der Waals surface area contributed by atoms with Gasteiger partial charge in [-0.25, -0.2) is 0 Å². The molecule has 0 fully saturated rings. The average molecular weight is 175 g/mol. The fourth-order valence-electron chi connectivity index (χ4n) is 0.654. The minimum absolute atomic E-state index is 0.00163. The largest absolute Gasteiger partial charge is 0.325 e. The Bertz CT molecular complexity index is 94.2. The van der Waals surface area contributed by atoms with Crippen LogP contribution in [0.2, 0.25) is 0 Å². The molecule has 68 valence electrons. The third-order valence-electron chi connectivity index (χ3n) is 1.31. The Morgan fingerprint density at radius 2 is 1.91 bits per heavy atom. The van der Waals surface area contributed by atoms with Gasteiger partial charge in [-0.2, -0.15) is 11.8 Å². The molecule has 1 nitrogen and oxygen atoms in total. The van der Waals surface area contributed by atoms with E-state index in [0.717, 1.165) is 11.7 Å². The van der Waals surface area contributed by atoms with E-state index in [9.17, 15) is 0 Å². The summed E-state index contributed by atoms with van der Waals surface area (Å²) in [7, 11) is 0. The van der Waals surface area contributed by atoms with Crippen molar-refractivity contribution in [3.8, 4) is 0 Å². The Morgan fingerprint density at radius 3 is 2.27 bits per heavy atom. The van der Waals surface area contributed by atoms with Crippen molar-refractivity contribution in [2.75, 3.05) is 11.5 Å². The lowest BCUT2D eigenvalue weighted by Gasteiger charge is -2.17. The predicted molar refractivity (Wildman–Crippen MR) is 55.0 cm³/mol. The zero-order valence-corrected chi connectivity index (χ0v) is 9.00. The van der Waals surface area contributed by atoms with Crippen molar-refractivity contribution >= 4 is 11.8 Å². The first-order chi connectivity index (χ1) is 4.92. The van der Waals surface area contributed by atoms with Gasteiger partial charge in [0.2, 0.25) is 0 Å². The highest BCUT2D eigenvalue weighted by Gasteiger charge is 2.09. The molecule has 2 heteroatoms. The Labute approximate surface area is 75.1 Å². The van der Waals surface area contributed by atoms with E-state index >= 15 is 0 Å². The first kappa shape index (κ1) is 11.3. The first-order valence-corrected chi connectivity index (χ1v) is 5.44. The molecule has 0 aromatic heterocycles. The summed E-state index contributed by atoms with van der Waals surface area (Å²) in [6.45, 7) is 8.67. The van der Waals surface area contributed by atoms with Gasteiger partial charge < -0.3 is 5.73 Å². The molecular weight excluding hydrogens is 154 g/mol. The highest BCUT2D eigenvalue weighted by molar-refractivity contribution is 7.99. The van der Waals surface area contributed by atoms with Crippen molar-refractivity contribution in [2.24, 2.45) is 11.7 Å². The molecule has 2 N–H and O–H groups in total. The third kappa shape index (κ3) is 10.3. The monoisotopic (exact) mass is 175 g/mol. The predicted octanol–water partition coefficient (Wildman–Crippen LogP) is 2.50. The Hall–Kier alpha value is 0.310. The van der Waals surface area contributed by atoms with E-state index in [1.807, 2.05) is 11.8 Å². The van der Waals surface area contributed by atoms with Crippen molar-refractivity contribution in [1.82, 2.24) is 0 Å². The standard InChI is InChI=1S/C9H21NS/c1-8(2)5-6-11-7-9(3,4)10/h8H,5-7,10H2,1-4H3. The topological polar surface area (TPSA) is 26.0 Å². The lowest BCUT2D eigenvalue weighted by atomic mass is 10.1. The average Bonchev–Trinajstić information content (AvgIpc) is 1.78. The molecule has 0 saturated carbocycles. The molecule has 0 aliphatic heterocycles. The summed E-state index contributed by atoms with van der Waals surface area (Å²) in [5, 5.41) is 0. The second-order valence-corrected chi connectivity index (χ2v) is 5.33. The molecule has 0 heterocycles. The van der Waals surface area contributed by atoms with Crippen LogP contribution in [0.15, 0.2) is 0 Å². The maximum atomic E-state index is 5.83. The van der Waals surface area contributed by atoms with Crippen LogP contribution < -0.4 is 5.73 Å². The van der Waals surface area contributed by atoms with E-state index in [2.05, 4.69) is 27.7 Å². The fourth-order valence-corrected chi connectivity index (χ4v) is 1.96. The van der Waals surface area contributed by atoms with E-state index in [0.29, 0.717) is 0 Å². The molecule has 0 rings (SSSR count).